The summed E-state index contributed by atoms with van der Waals surface area (Å²) in [6.07, 6.45) is 3.45. The molecule has 6 nitrogen and oxygen atoms in total. The molecule has 0 radical (unpaired) electrons. The maximum Gasteiger partial charge on any atom is 0.124 e. The fourth-order valence-electron chi connectivity index (χ4n) is 2.45. The van der Waals surface area contributed by atoms with E-state index in [1.54, 1.807) is 42.8 Å². The van der Waals surface area contributed by atoms with Crippen LogP contribution in [-0.4, -0.2) is 66.8 Å². The van der Waals surface area contributed by atoms with E-state index in [-0.39, 0.29) is 11.5 Å². The zero-order valence-electron chi connectivity index (χ0n) is 14.8. The Kier molecular flexibility index (Phi) is 8.32. The van der Waals surface area contributed by atoms with Gasteiger partial charge in [-0.3, -0.25) is 14.9 Å². The molecule has 0 atom stereocenters. The van der Waals surface area contributed by atoms with Crippen LogP contribution in [0.5, 0.6) is 11.5 Å². The Morgan fingerprint density at radius 3 is 2.31 bits per heavy atom. The molecule has 0 bridgehead atoms. The highest BCUT2D eigenvalue weighted by Crippen LogP contribution is 2.12. The lowest BCUT2D eigenvalue weighted by Gasteiger charge is -2.19. The van der Waals surface area contributed by atoms with Crippen LogP contribution >= 0.6 is 0 Å². The van der Waals surface area contributed by atoms with Crippen LogP contribution in [0.4, 0.5) is 0 Å². The van der Waals surface area contributed by atoms with Crippen molar-refractivity contribution >= 4 is 12.4 Å². The van der Waals surface area contributed by atoms with Gasteiger partial charge in [0.05, 0.1) is 13.1 Å². The van der Waals surface area contributed by atoms with E-state index in [0.717, 1.165) is 25.2 Å². The zero-order valence-corrected chi connectivity index (χ0v) is 14.8. The van der Waals surface area contributed by atoms with Crippen LogP contribution in [-0.2, 0) is 0 Å². The number of hydrogen-bond donors (Lipinski definition) is 3. The van der Waals surface area contributed by atoms with Crippen molar-refractivity contribution in [2.24, 2.45) is 15.7 Å². The van der Waals surface area contributed by atoms with E-state index in [1.165, 1.54) is 0 Å². The van der Waals surface area contributed by atoms with E-state index in [9.17, 15) is 10.2 Å². The summed E-state index contributed by atoms with van der Waals surface area (Å²) in [6, 6.07) is 14.1. The number of nitrogens with zero attached hydrogens (tertiary/aromatic N) is 3. The van der Waals surface area contributed by atoms with E-state index >= 15 is 0 Å². The van der Waals surface area contributed by atoms with E-state index < -0.39 is 0 Å². The second-order valence-corrected chi connectivity index (χ2v) is 5.85. The summed E-state index contributed by atoms with van der Waals surface area (Å²) in [5.74, 6) is 0.470. The predicted octanol–water partition coefficient (Wildman–Crippen LogP) is 1.90. The molecule has 138 valence electrons. The Hall–Kier alpha value is -2.70. The molecule has 2 rings (SSSR count). The summed E-state index contributed by atoms with van der Waals surface area (Å²) >= 11 is 0. The lowest BCUT2D eigenvalue weighted by Crippen LogP contribution is -2.33. The Morgan fingerprint density at radius 1 is 0.885 bits per heavy atom. The van der Waals surface area contributed by atoms with Gasteiger partial charge in [0, 0.05) is 44.2 Å². The van der Waals surface area contributed by atoms with Crippen LogP contribution < -0.4 is 5.73 Å². The van der Waals surface area contributed by atoms with Gasteiger partial charge in [0.15, 0.2) is 0 Å². The number of phenolic OH excluding ortho intramolecular Hbond substituents is 2. The van der Waals surface area contributed by atoms with Crippen LogP contribution in [0.1, 0.15) is 11.1 Å². The predicted molar refractivity (Wildman–Crippen MR) is 107 cm³/mol. The minimum Gasteiger partial charge on any atom is -0.508 e. The fraction of sp³-hybridized carbons (Fsp3) is 0.300. The van der Waals surface area contributed by atoms with Crippen LogP contribution in [0.3, 0.4) is 0 Å². The van der Waals surface area contributed by atoms with Crippen LogP contribution in [0.15, 0.2) is 58.5 Å². The molecule has 6 heteroatoms. The van der Waals surface area contributed by atoms with Crippen LogP contribution in [0.2, 0.25) is 0 Å². The minimum atomic E-state index is 0.233. The molecule has 4 N–H and O–H groups in total. The normalized spacial score (nSPS) is 11.8. The molecular weight excluding hydrogens is 328 g/mol. The van der Waals surface area contributed by atoms with Crippen molar-refractivity contribution in [3.05, 3.63) is 59.7 Å². The average Bonchev–Trinajstić information content (AvgIpc) is 2.63. The van der Waals surface area contributed by atoms with Crippen molar-refractivity contribution in [2.45, 2.75) is 0 Å². The number of nitrogens with two attached hydrogens (primary N) is 1. The highest BCUT2D eigenvalue weighted by molar-refractivity contribution is 5.83. The summed E-state index contributed by atoms with van der Waals surface area (Å²) in [5.41, 5.74) is 7.27. The first-order valence-corrected chi connectivity index (χ1v) is 8.68. The first kappa shape index (κ1) is 19.6. The quantitative estimate of drug-likeness (QED) is 0.568. The van der Waals surface area contributed by atoms with E-state index in [2.05, 4.69) is 14.9 Å². The van der Waals surface area contributed by atoms with Crippen molar-refractivity contribution < 1.29 is 10.2 Å². The third-order valence-corrected chi connectivity index (χ3v) is 3.81. The van der Waals surface area contributed by atoms with E-state index in [1.807, 2.05) is 18.2 Å². The molecule has 0 saturated heterocycles. The van der Waals surface area contributed by atoms with Gasteiger partial charge < -0.3 is 15.9 Å². The number of aromatic hydroxyl groups is 2. The largest absolute Gasteiger partial charge is 0.508 e. The van der Waals surface area contributed by atoms with Gasteiger partial charge in [0.2, 0.25) is 0 Å². The van der Waals surface area contributed by atoms with E-state index in [0.29, 0.717) is 25.2 Å². The van der Waals surface area contributed by atoms with Crippen LogP contribution in [0, 0.1) is 0 Å². The fourth-order valence-corrected chi connectivity index (χ4v) is 2.45. The summed E-state index contributed by atoms with van der Waals surface area (Å²) in [4.78, 5) is 11.0. The molecule has 0 spiro atoms. The number of aliphatic imine (C=N–C) groups is 2. The second kappa shape index (κ2) is 11.0. The van der Waals surface area contributed by atoms with Gasteiger partial charge in [-0.1, -0.05) is 24.3 Å². The van der Waals surface area contributed by atoms with Crippen molar-refractivity contribution in [1.82, 2.24) is 4.90 Å². The maximum absolute atomic E-state index is 9.71. The Balaban J connectivity index is 1.76. The molecule has 0 amide bonds. The zero-order chi connectivity index (χ0) is 18.6. The minimum absolute atomic E-state index is 0.233. The monoisotopic (exact) mass is 354 g/mol. The summed E-state index contributed by atoms with van der Waals surface area (Å²) in [7, 11) is 0. The maximum atomic E-state index is 9.71. The third kappa shape index (κ3) is 7.04. The molecular formula is C20H26N4O2. The van der Waals surface area contributed by atoms with Crippen molar-refractivity contribution in [1.29, 1.82) is 0 Å². The molecule has 2 aromatic carbocycles. The number of phenols is 2. The second-order valence-electron chi connectivity index (χ2n) is 5.85. The molecule has 0 aliphatic rings. The SMILES string of the molecule is NCCN(CCN=Cc1cccc(O)c1)CCN=Cc1ccccc1O. The molecule has 0 aliphatic heterocycles. The molecule has 0 aromatic heterocycles. The van der Waals surface area contributed by atoms with E-state index in [4.69, 9.17) is 5.73 Å². The van der Waals surface area contributed by atoms with Crippen molar-refractivity contribution in [3.63, 3.8) is 0 Å². The molecule has 0 aliphatic carbocycles. The Labute approximate surface area is 154 Å². The van der Waals surface area contributed by atoms with Crippen molar-refractivity contribution in [2.75, 3.05) is 39.3 Å². The summed E-state index contributed by atoms with van der Waals surface area (Å²) < 4.78 is 0. The highest BCUT2D eigenvalue weighted by atomic mass is 16.3. The lowest BCUT2D eigenvalue weighted by molar-refractivity contribution is 0.298. The van der Waals surface area contributed by atoms with Gasteiger partial charge >= 0.3 is 0 Å². The van der Waals surface area contributed by atoms with Gasteiger partial charge in [-0.05, 0) is 29.8 Å². The Morgan fingerprint density at radius 2 is 1.62 bits per heavy atom. The van der Waals surface area contributed by atoms with Crippen molar-refractivity contribution in [3.8, 4) is 11.5 Å². The smallest absolute Gasteiger partial charge is 0.124 e. The Bertz CT molecular complexity index is 731. The highest BCUT2D eigenvalue weighted by Gasteiger charge is 2.02. The van der Waals surface area contributed by atoms with Gasteiger partial charge in [0.25, 0.3) is 0 Å². The molecule has 0 heterocycles. The lowest BCUT2D eigenvalue weighted by atomic mass is 10.2. The first-order chi connectivity index (χ1) is 12.7. The average molecular weight is 354 g/mol. The summed E-state index contributed by atoms with van der Waals surface area (Å²) in [5, 5.41) is 19.1. The topological polar surface area (TPSA) is 94.4 Å². The molecule has 0 unspecified atom stereocenters. The van der Waals surface area contributed by atoms with Crippen LogP contribution in [0.25, 0.3) is 0 Å². The van der Waals surface area contributed by atoms with Gasteiger partial charge in [-0.25, -0.2) is 0 Å². The molecule has 0 fully saturated rings. The summed E-state index contributed by atoms with van der Waals surface area (Å²) in [6.45, 7) is 4.22. The number of benzene rings is 2. The number of para-hydroxylation sites is 1. The molecule has 2 aromatic rings. The molecule has 0 saturated carbocycles. The van der Waals surface area contributed by atoms with Gasteiger partial charge in [-0.15, -0.1) is 0 Å². The van der Waals surface area contributed by atoms with Gasteiger partial charge in [-0.2, -0.15) is 0 Å². The number of rotatable bonds is 10. The standard InChI is InChI=1S/C20H26N4O2/c21-8-11-24(12-9-22-15-17-4-3-6-19(25)14-17)13-10-23-16-18-5-1-2-7-20(18)26/h1-7,14-16,25-26H,8-13,21H2. The molecule has 26 heavy (non-hydrogen) atoms. The third-order valence-electron chi connectivity index (χ3n) is 3.81. The first-order valence-electron chi connectivity index (χ1n) is 8.68. The number of hydrogen-bond acceptors (Lipinski definition) is 6. The van der Waals surface area contributed by atoms with Gasteiger partial charge in [0.1, 0.15) is 11.5 Å².